The van der Waals surface area contributed by atoms with E-state index in [1.165, 1.54) is 6.26 Å². The Labute approximate surface area is 115 Å². The van der Waals surface area contributed by atoms with Crippen LogP contribution >= 0.6 is 0 Å². The molecule has 0 radical (unpaired) electrons. The van der Waals surface area contributed by atoms with Crippen LogP contribution in [0.15, 0.2) is 23.9 Å². The van der Waals surface area contributed by atoms with Crippen molar-refractivity contribution in [1.82, 2.24) is 10.0 Å². The molecule has 0 amide bonds. The lowest BCUT2D eigenvalue weighted by molar-refractivity contribution is 0.261. The highest BCUT2D eigenvalue weighted by atomic mass is 32.2. The number of nitrogens with one attached hydrogen (secondary N) is 2. The van der Waals surface area contributed by atoms with Crippen molar-refractivity contribution in [2.45, 2.75) is 13.8 Å². The lowest BCUT2D eigenvalue weighted by Gasteiger charge is -2.34. The molecule has 5 heteroatoms. The van der Waals surface area contributed by atoms with Gasteiger partial charge in [0.1, 0.15) is 0 Å². The Morgan fingerprint density at radius 1 is 1.37 bits per heavy atom. The van der Waals surface area contributed by atoms with E-state index in [4.69, 9.17) is 0 Å². The number of fused-ring (bicyclic) bond motifs is 1. The van der Waals surface area contributed by atoms with Gasteiger partial charge in [-0.05, 0) is 42.3 Å². The van der Waals surface area contributed by atoms with Crippen LogP contribution in [0.3, 0.4) is 0 Å². The molecule has 3 aliphatic rings. The van der Waals surface area contributed by atoms with Crippen LogP contribution in [-0.4, -0.2) is 27.8 Å². The maximum atomic E-state index is 11.4. The fourth-order valence-electron chi connectivity index (χ4n) is 4.21. The van der Waals surface area contributed by atoms with Gasteiger partial charge >= 0.3 is 0 Å². The van der Waals surface area contributed by atoms with Crippen molar-refractivity contribution >= 4 is 10.0 Å². The first-order valence-corrected chi connectivity index (χ1v) is 8.80. The van der Waals surface area contributed by atoms with Crippen LogP contribution in [0.4, 0.5) is 0 Å². The molecule has 1 aliphatic heterocycles. The molecule has 1 saturated carbocycles. The zero-order valence-electron chi connectivity index (χ0n) is 11.7. The molecule has 3 rings (SSSR count). The maximum Gasteiger partial charge on any atom is 0.229 e. The third-order valence-electron chi connectivity index (χ3n) is 5.35. The molecule has 1 heterocycles. The summed E-state index contributed by atoms with van der Waals surface area (Å²) in [6.45, 7) is 6.70. The van der Waals surface area contributed by atoms with E-state index in [0.29, 0.717) is 11.3 Å². The fraction of sp³-hybridized carbons (Fsp3) is 0.714. The maximum absolute atomic E-state index is 11.4. The van der Waals surface area contributed by atoms with Crippen molar-refractivity contribution in [3.8, 4) is 0 Å². The van der Waals surface area contributed by atoms with Crippen molar-refractivity contribution in [2.24, 2.45) is 29.1 Å². The van der Waals surface area contributed by atoms with Crippen LogP contribution in [0.5, 0.6) is 0 Å². The van der Waals surface area contributed by atoms with Gasteiger partial charge < -0.3 is 5.32 Å². The van der Waals surface area contributed by atoms with Crippen LogP contribution < -0.4 is 10.0 Å². The molecule has 19 heavy (non-hydrogen) atoms. The summed E-state index contributed by atoms with van der Waals surface area (Å²) >= 11 is 0. The molecule has 0 aromatic carbocycles. The summed E-state index contributed by atoms with van der Waals surface area (Å²) in [4.78, 5) is 0. The second kappa shape index (κ2) is 4.09. The summed E-state index contributed by atoms with van der Waals surface area (Å²) in [5.41, 5.74) is 1.16. The van der Waals surface area contributed by atoms with E-state index in [1.54, 1.807) is 0 Å². The molecule has 2 N–H and O–H groups in total. The zero-order valence-corrected chi connectivity index (χ0v) is 12.5. The third kappa shape index (κ3) is 2.03. The third-order valence-corrected chi connectivity index (χ3v) is 5.95. The van der Waals surface area contributed by atoms with Gasteiger partial charge in [-0.3, -0.25) is 4.72 Å². The van der Waals surface area contributed by atoms with Crippen LogP contribution in [0.25, 0.3) is 0 Å². The molecule has 4 atom stereocenters. The summed E-state index contributed by atoms with van der Waals surface area (Å²) in [6.07, 6.45) is 7.37. The van der Waals surface area contributed by atoms with Gasteiger partial charge in [0.25, 0.3) is 0 Å². The highest BCUT2D eigenvalue weighted by molar-refractivity contribution is 7.88. The Kier molecular flexibility index (Phi) is 2.84. The SMILES string of the molecule is CC1C(NS(C)(=O)=O)=CC=CC1C1(C)C2CNCC21. The average molecular weight is 282 g/mol. The number of piperidine rings is 1. The minimum Gasteiger partial charge on any atom is -0.316 e. The van der Waals surface area contributed by atoms with Crippen molar-refractivity contribution in [1.29, 1.82) is 0 Å². The van der Waals surface area contributed by atoms with Crippen molar-refractivity contribution in [2.75, 3.05) is 19.3 Å². The molecule has 4 nitrogen and oxygen atoms in total. The molecule has 1 saturated heterocycles. The van der Waals surface area contributed by atoms with Gasteiger partial charge in [0, 0.05) is 11.6 Å². The van der Waals surface area contributed by atoms with Gasteiger partial charge in [-0.15, -0.1) is 0 Å². The smallest absolute Gasteiger partial charge is 0.229 e. The first-order valence-electron chi connectivity index (χ1n) is 6.91. The Morgan fingerprint density at radius 3 is 2.58 bits per heavy atom. The van der Waals surface area contributed by atoms with Crippen LogP contribution in [-0.2, 0) is 10.0 Å². The highest BCUT2D eigenvalue weighted by Crippen LogP contribution is 2.67. The van der Waals surface area contributed by atoms with Crippen molar-refractivity contribution in [3.63, 3.8) is 0 Å². The lowest BCUT2D eigenvalue weighted by atomic mass is 9.74. The van der Waals surface area contributed by atoms with Crippen LogP contribution in [0, 0.1) is 29.1 Å². The standard InChI is InChI=1S/C14H22N2O2S/c1-9-10(14(2)11-7-15-8-12(11)14)5-4-6-13(9)16-19(3,17)18/h4-6,9-12,15-16H,7-8H2,1-3H3. The van der Waals surface area contributed by atoms with Crippen molar-refractivity contribution in [3.05, 3.63) is 23.9 Å². The molecule has 0 aromatic heterocycles. The summed E-state index contributed by atoms with van der Waals surface area (Å²) in [7, 11) is -3.19. The van der Waals surface area contributed by atoms with Gasteiger partial charge in [0.15, 0.2) is 0 Å². The summed E-state index contributed by atoms with van der Waals surface area (Å²) in [5, 5.41) is 3.43. The Hall–Kier alpha value is -0.810. The first-order chi connectivity index (χ1) is 8.84. The minimum absolute atomic E-state index is 0.232. The second-order valence-electron chi connectivity index (χ2n) is 6.43. The number of rotatable bonds is 3. The quantitative estimate of drug-likeness (QED) is 0.815. The first kappa shape index (κ1) is 13.2. The van der Waals surface area contributed by atoms with E-state index in [2.05, 4.69) is 30.0 Å². The molecule has 0 bridgehead atoms. The summed E-state index contributed by atoms with van der Waals surface area (Å²) < 4.78 is 25.5. The van der Waals surface area contributed by atoms with E-state index < -0.39 is 10.0 Å². The van der Waals surface area contributed by atoms with Crippen LogP contribution in [0.2, 0.25) is 0 Å². The molecular formula is C14H22N2O2S. The van der Waals surface area contributed by atoms with E-state index in [9.17, 15) is 8.42 Å². The molecule has 4 unspecified atom stereocenters. The van der Waals surface area contributed by atoms with Crippen molar-refractivity contribution < 1.29 is 8.42 Å². The summed E-state index contributed by atoms with van der Waals surface area (Å²) in [5.74, 6) is 2.17. The Bertz CT molecular complexity index is 540. The summed E-state index contributed by atoms with van der Waals surface area (Å²) in [6, 6.07) is 0. The number of allylic oxidation sites excluding steroid dienone is 4. The fourth-order valence-corrected chi connectivity index (χ4v) is 4.90. The molecule has 0 spiro atoms. The van der Waals surface area contributed by atoms with Gasteiger partial charge in [-0.25, -0.2) is 8.42 Å². The van der Waals surface area contributed by atoms with E-state index in [1.807, 2.05) is 12.2 Å². The van der Waals surface area contributed by atoms with E-state index in [0.717, 1.165) is 30.6 Å². The zero-order chi connectivity index (χ0) is 13.8. The largest absolute Gasteiger partial charge is 0.316 e. The molecular weight excluding hydrogens is 260 g/mol. The van der Waals surface area contributed by atoms with Gasteiger partial charge in [-0.2, -0.15) is 0 Å². The molecule has 2 fully saturated rings. The predicted octanol–water partition coefficient (Wildman–Crippen LogP) is 1.10. The highest BCUT2D eigenvalue weighted by Gasteiger charge is 2.66. The number of hydrogen-bond donors (Lipinski definition) is 2. The second-order valence-corrected chi connectivity index (χ2v) is 8.18. The predicted molar refractivity (Wildman–Crippen MR) is 75.8 cm³/mol. The average Bonchev–Trinajstić information content (AvgIpc) is 2.73. The normalized spacial score (nSPS) is 44.7. The number of sulfonamides is 1. The lowest BCUT2D eigenvalue weighted by Crippen LogP contribution is -2.35. The van der Waals surface area contributed by atoms with E-state index in [-0.39, 0.29) is 5.92 Å². The van der Waals surface area contributed by atoms with Crippen LogP contribution in [0.1, 0.15) is 13.8 Å². The van der Waals surface area contributed by atoms with Gasteiger partial charge in [-0.1, -0.05) is 26.0 Å². The molecule has 2 aliphatic carbocycles. The Balaban J connectivity index is 1.80. The van der Waals surface area contributed by atoms with Gasteiger partial charge in [0.05, 0.1) is 6.26 Å². The number of hydrogen-bond acceptors (Lipinski definition) is 3. The molecule has 106 valence electrons. The Morgan fingerprint density at radius 2 is 2.00 bits per heavy atom. The minimum atomic E-state index is -3.19. The van der Waals surface area contributed by atoms with E-state index >= 15 is 0 Å². The topological polar surface area (TPSA) is 58.2 Å². The molecule has 0 aromatic rings. The van der Waals surface area contributed by atoms with Gasteiger partial charge in [0.2, 0.25) is 10.0 Å². The monoisotopic (exact) mass is 282 g/mol.